The molecule has 1 aromatic heterocycles. The van der Waals surface area contributed by atoms with Gasteiger partial charge >= 0.3 is 0 Å². The SMILES string of the molecule is Cc1ccc(CNC(=O)c2cccc(F)c2F)s1. The Bertz CT molecular complexity index is 580. The van der Waals surface area contributed by atoms with Crippen LogP contribution in [0.15, 0.2) is 30.3 Å². The van der Waals surface area contributed by atoms with E-state index in [1.807, 2.05) is 19.1 Å². The van der Waals surface area contributed by atoms with E-state index < -0.39 is 17.5 Å². The largest absolute Gasteiger partial charge is 0.347 e. The summed E-state index contributed by atoms with van der Waals surface area (Å²) < 4.78 is 26.3. The summed E-state index contributed by atoms with van der Waals surface area (Å²) in [7, 11) is 0. The fraction of sp³-hybridized carbons (Fsp3) is 0.154. The molecule has 0 radical (unpaired) electrons. The van der Waals surface area contributed by atoms with Crippen LogP contribution in [0.3, 0.4) is 0 Å². The first-order chi connectivity index (χ1) is 8.58. The minimum Gasteiger partial charge on any atom is -0.347 e. The van der Waals surface area contributed by atoms with Gasteiger partial charge in [-0.05, 0) is 31.2 Å². The van der Waals surface area contributed by atoms with Gasteiger partial charge in [0.25, 0.3) is 5.91 Å². The minimum atomic E-state index is -1.11. The Labute approximate surface area is 107 Å². The summed E-state index contributed by atoms with van der Waals surface area (Å²) in [5, 5.41) is 2.56. The molecule has 1 N–H and O–H groups in total. The van der Waals surface area contributed by atoms with Crippen LogP contribution in [-0.4, -0.2) is 5.91 Å². The lowest BCUT2D eigenvalue weighted by molar-refractivity contribution is 0.0946. The van der Waals surface area contributed by atoms with Gasteiger partial charge < -0.3 is 5.32 Å². The van der Waals surface area contributed by atoms with Crippen molar-refractivity contribution >= 4 is 17.2 Å². The van der Waals surface area contributed by atoms with Crippen LogP contribution in [0.2, 0.25) is 0 Å². The van der Waals surface area contributed by atoms with Crippen molar-refractivity contribution in [1.82, 2.24) is 5.32 Å². The Morgan fingerprint density at radius 3 is 2.72 bits per heavy atom. The van der Waals surface area contributed by atoms with Crippen LogP contribution in [0, 0.1) is 18.6 Å². The summed E-state index contributed by atoms with van der Waals surface area (Å²) in [6.45, 7) is 2.27. The van der Waals surface area contributed by atoms with Crippen molar-refractivity contribution in [1.29, 1.82) is 0 Å². The van der Waals surface area contributed by atoms with Crippen LogP contribution in [0.1, 0.15) is 20.1 Å². The summed E-state index contributed by atoms with van der Waals surface area (Å²) in [4.78, 5) is 13.8. The van der Waals surface area contributed by atoms with E-state index in [9.17, 15) is 13.6 Å². The van der Waals surface area contributed by atoms with Crippen LogP contribution in [0.5, 0.6) is 0 Å². The maximum atomic E-state index is 13.3. The third-order valence-electron chi connectivity index (χ3n) is 2.42. The number of carbonyl (C=O) groups excluding carboxylic acids is 1. The molecule has 94 valence electrons. The number of carbonyl (C=O) groups is 1. The van der Waals surface area contributed by atoms with Gasteiger partial charge in [0.1, 0.15) is 0 Å². The lowest BCUT2D eigenvalue weighted by atomic mass is 10.2. The molecular formula is C13H11F2NOS. The van der Waals surface area contributed by atoms with Gasteiger partial charge in [-0.3, -0.25) is 4.79 Å². The Hall–Kier alpha value is -1.75. The topological polar surface area (TPSA) is 29.1 Å². The third-order valence-corrected chi connectivity index (χ3v) is 3.42. The highest BCUT2D eigenvalue weighted by atomic mass is 32.1. The van der Waals surface area contributed by atoms with Crippen LogP contribution >= 0.6 is 11.3 Å². The fourth-order valence-electron chi connectivity index (χ4n) is 1.52. The second kappa shape index (κ2) is 5.27. The average molecular weight is 267 g/mol. The van der Waals surface area contributed by atoms with Crippen LogP contribution < -0.4 is 5.32 Å². The molecule has 2 nitrogen and oxygen atoms in total. The molecule has 0 saturated carbocycles. The second-order valence-corrected chi connectivity index (χ2v) is 5.17. The molecule has 2 aromatic rings. The fourth-order valence-corrected chi connectivity index (χ4v) is 2.35. The second-order valence-electron chi connectivity index (χ2n) is 3.80. The molecule has 0 spiro atoms. The average Bonchev–Trinajstić information content (AvgIpc) is 2.76. The molecule has 1 amide bonds. The van der Waals surface area contributed by atoms with Crippen LogP contribution in [-0.2, 0) is 6.54 Å². The zero-order valence-corrected chi connectivity index (χ0v) is 10.5. The van der Waals surface area contributed by atoms with E-state index in [1.54, 1.807) is 11.3 Å². The number of rotatable bonds is 3. The minimum absolute atomic E-state index is 0.275. The van der Waals surface area contributed by atoms with Gasteiger partial charge in [-0.2, -0.15) is 0 Å². The predicted molar refractivity (Wildman–Crippen MR) is 66.6 cm³/mol. The first kappa shape index (κ1) is 12.7. The molecule has 1 aromatic carbocycles. The van der Waals surface area contributed by atoms with Gasteiger partial charge in [0.05, 0.1) is 12.1 Å². The number of nitrogens with one attached hydrogen (secondary N) is 1. The Morgan fingerprint density at radius 1 is 1.28 bits per heavy atom. The van der Waals surface area contributed by atoms with Crippen molar-refractivity contribution in [3.8, 4) is 0 Å². The standard InChI is InChI=1S/C13H11F2NOS/c1-8-5-6-9(18-8)7-16-13(17)10-3-2-4-11(14)12(10)15/h2-6H,7H2,1H3,(H,16,17). The van der Waals surface area contributed by atoms with E-state index in [0.717, 1.165) is 15.8 Å². The Kier molecular flexibility index (Phi) is 3.72. The van der Waals surface area contributed by atoms with Crippen molar-refractivity contribution in [2.24, 2.45) is 0 Å². The van der Waals surface area contributed by atoms with Crippen molar-refractivity contribution in [2.75, 3.05) is 0 Å². The summed E-state index contributed by atoms with van der Waals surface area (Å²) in [5.74, 6) is -2.75. The number of hydrogen-bond donors (Lipinski definition) is 1. The highest BCUT2D eigenvalue weighted by Crippen LogP contribution is 2.15. The number of thiophene rings is 1. The monoisotopic (exact) mass is 267 g/mol. The summed E-state index contributed by atoms with van der Waals surface area (Å²) in [5.41, 5.74) is -0.275. The normalized spacial score (nSPS) is 10.4. The zero-order chi connectivity index (χ0) is 13.1. The number of aryl methyl sites for hydroxylation is 1. The van der Waals surface area contributed by atoms with E-state index in [2.05, 4.69) is 5.32 Å². The number of benzene rings is 1. The van der Waals surface area contributed by atoms with E-state index in [4.69, 9.17) is 0 Å². The zero-order valence-electron chi connectivity index (χ0n) is 9.67. The molecule has 2 rings (SSSR count). The summed E-state index contributed by atoms with van der Waals surface area (Å²) in [6, 6.07) is 7.38. The molecule has 18 heavy (non-hydrogen) atoms. The predicted octanol–water partition coefficient (Wildman–Crippen LogP) is 3.26. The molecule has 1 heterocycles. The molecule has 0 aliphatic rings. The molecule has 0 saturated heterocycles. The van der Waals surface area contributed by atoms with Crippen molar-refractivity contribution in [3.63, 3.8) is 0 Å². The maximum Gasteiger partial charge on any atom is 0.254 e. The molecule has 5 heteroatoms. The number of amides is 1. The molecule has 0 aliphatic heterocycles. The first-order valence-corrected chi connectivity index (χ1v) is 6.17. The van der Waals surface area contributed by atoms with E-state index in [1.165, 1.54) is 12.1 Å². The highest BCUT2D eigenvalue weighted by Gasteiger charge is 2.14. The maximum absolute atomic E-state index is 13.3. The van der Waals surface area contributed by atoms with Crippen molar-refractivity contribution < 1.29 is 13.6 Å². The van der Waals surface area contributed by atoms with Crippen LogP contribution in [0.4, 0.5) is 8.78 Å². The molecule has 0 bridgehead atoms. The van der Waals surface area contributed by atoms with Gasteiger partial charge in [-0.25, -0.2) is 8.78 Å². The van der Waals surface area contributed by atoms with Crippen molar-refractivity contribution in [3.05, 3.63) is 57.3 Å². The van der Waals surface area contributed by atoms with E-state index >= 15 is 0 Å². The quantitative estimate of drug-likeness (QED) is 0.908. The number of halogens is 2. The van der Waals surface area contributed by atoms with Gasteiger partial charge in [0.2, 0.25) is 0 Å². The van der Waals surface area contributed by atoms with Crippen molar-refractivity contribution in [2.45, 2.75) is 13.5 Å². The summed E-state index contributed by atoms with van der Waals surface area (Å²) >= 11 is 1.55. The summed E-state index contributed by atoms with van der Waals surface area (Å²) in [6.07, 6.45) is 0. The molecular weight excluding hydrogens is 256 g/mol. The Morgan fingerprint density at radius 2 is 2.06 bits per heavy atom. The molecule has 0 fully saturated rings. The smallest absolute Gasteiger partial charge is 0.254 e. The lowest BCUT2D eigenvalue weighted by Gasteiger charge is -2.05. The van der Waals surface area contributed by atoms with Gasteiger partial charge in [-0.15, -0.1) is 11.3 Å². The van der Waals surface area contributed by atoms with Gasteiger partial charge in [0.15, 0.2) is 11.6 Å². The van der Waals surface area contributed by atoms with Crippen LogP contribution in [0.25, 0.3) is 0 Å². The molecule has 0 atom stereocenters. The molecule has 0 unspecified atom stereocenters. The lowest BCUT2D eigenvalue weighted by Crippen LogP contribution is -2.23. The van der Waals surface area contributed by atoms with E-state index in [-0.39, 0.29) is 5.56 Å². The van der Waals surface area contributed by atoms with E-state index in [0.29, 0.717) is 6.54 Å². The van der Waals surface area contributed by atoms with Gasteiger partial charge in [-0.1, -0.05) is 6.07 Å². The highest BCUT2D eigenvalue weighted by molar-refractivity contribution is 7.11. The Balaban J connectivity index is 2.06. The first-order valence-electron chi connectivity index (χ1n) is 5.35. The van der Waals surface area contributed by atoms with Gasteiger partial charge in [0, 0.05) is 9.75 Å². The number of hydrogen-bond acceptors (Lipinski definition) is 2. The molecule has 0 aliphatic carbocycles. The third kappa shape index (κ3) is 2.73.